The Hall–Kier alpha value is -2.21. The molecule has 3 aromatic heterocycles. The van der Waals surface area contributed by atoms with Gasteiger partial charge in [-0.3, -0.25) is 4.79 Å². The third kappa shape index (κ3) is 2.53. The number of hydrogen-bond donors (Lipinski definition) is 0. The van der Waals surface area contributed by atoms with E-state index >= 15 is 0 Å². The highest BCUT2D eigenvalue weighted by Gasteiger charge is 2.19. The average Bonchev–Trinajstić information content (AvgIpc) is 3.14. The molecule has 4 heterocycles. The predicted molar refractivity (Wildman–Crippen MR) is 93.7 cm³/mol. The zero-order valence-corrected chi connectivity index (χ0v) is 14.0. The van der Waals surface area contributed by atoms with E-state index in [9.17, 15) is 4.79 Å². The van der Waals surface area contributed by atoms with Gasteiger partial charge in [0.15, 0.2) is 0 Å². The highest BCUT2D eigenvalue weighted by molar-refractivity contribution is 7.18. The summed E-state index contributed by atoms with van der Waals surface area (Å²) in [5.74, 6) is 1.68. The summed E-state index contributed by atoms with van der Waals surface area (Å²) >= 11 is 1.51. The summed E-state index contributed by atoms with van der Waals surface area (Å²) in [6.07, 6.45) is 4.69. The second-order valence-corrected chi connectivity index (χ2v) is 7.47. The minimum absolute atomic E-state index is 0.0788. The topological polar surface area (TPSA) is 51.0 Å². The predicted octanol–water partition coefficient (Wildman–Crippen LogP) is 3.00. The van der Waals surface area contributed by atoms with Crippen LogP contribution in [-0.2, 0) is 0 Å². The van der Waals surface area contributed by atoms with Crippen molar-refractivity contribution in [1.29, 1.82) is 0 Å². The Morgan fingerprint density at radius 1 is 1.30 bits per heavy atom. The molecule has 3 aromatic rings. The van der Waals surface area contributed by atoms with Crippen LogP contribution in [0.25, 0.3) is 15.8 Å². The van der Waals surface area contributed by atoms with Crippen molar-refractivity contribution in [2.24, 2.45) is 5.92 Å². The number of rotatable bonds is 2. The molecule has 6 heteroatoms. The minimum Gasteiger partial charge on any atom is -0.356 e. The summed E-state index contributed by atoms with van der Waals surface area (Å²) in [5, 5.41) is 5.19. The number of hydrogen-bond acceptors (Lipinski definition) is 5. The summed E-state index contributed by atoms with van der Waals surface area (Å²) in [4.78, 5) is 20.5. The highest BCUT2D eigenvalue weighted by Crippen LogP contribution is 2.23. The van der Waals surface area contributed by atoms with Gasteiger partial charge in [0.1, 0.15) is 10.5 Å². The number of aromatic nitrogens is 3. The van der Waals surface area contributed by atoms with Gasteiger partial charge in [0.05, 0.1) is 18.1 Å². The van der Waals surface area contributed by atoms with Crippen molar-refractivity contribution in [2.45, 2.75) is 20.3 Å². The lowest BCUT2D eigenvalue weighted by molar-refractivity contribution is 0.659. The van der Waals surface area contributed by atoms with E-state index in [1.54, 1.807) is 12.4 Å². The fraction of sp³-hybridized carbons (Fsp3) is 0.353. The van der Waals surface area contributed by atoms with E-state index in [4.69, 9.17) is 0 Å². The lowest BCUT2D eigenvalue weighted by Crippen LogP contribution is -2.22. The first kappa shape index (κ1) is 14.4. The number of pyridine rings is 1. The first-order valence-corrected chi connectivity index (χ1v) is 8.63. The molecule has 4 rings (SSSR count). The minimum atomic E-state index is -0.0788. The monoisotopic (exact) mass is 326 g/mol. The van der Waals surface area contributed by atoms with Gasteiger partial charge in [-0.25, -0.2) is 4.98 Å². The standard InChI is InChI=1S/C17H18N4OS/c1-11-5-6-20(10-11)15-4-3-14(9-18-15)21-17(22)16-13(8-19-21)7-12(2)23-16/h3-4,7-9,11H,5-6,10H2,1-2H3. The van der Waals surface area contributed by atoms with Crippen LogP contribution in [0.2, 0.25) is 0 Å². The smallest absolute Gasteiger partial charge is 0.289 e. The summed E-state index contributed by atoms with van der Waals surface area (Å²) < 4.78 is 2.18. The van der Waals surface area contributed by atoms with Crippen LogP contribution in [0, 0.1) is 12.8 Å². The molecule has 0 amide bonds. The third-order valence-electron chi connectivity index (χ3n) is 4.31. The maximum absolute atomic E-state index is 12.6. The second kappa shape index (κ2) is 5.45. The van der Waals surface area contributed by atoms with Crippen molar-refractivity contribution in [2.75, 3.05) is 18.0 Å². The van der Waals surface area contributed by atoms with Crippen LogP contribution in [0.15, 0.2) is 35.4 Å². The SMILES string of the molecule is Cc1cc2cnn(-c3ccc(N4CCC(C)C4)nc3)c(=O)c2s1. The van der Waals surface area contributed by atoms with E-state index in [0.29, 0.717) is 11.6 Å². The van der Waals surface area contributed by atoms with Gasteiger partial charge in [0.25, 0.3) is 5.56 Å². The van der Waals surface area contributed by atoms with Crippen LogP contribution in [-0.4, -0.2) is 27.9 Å². The molecule has 1 fully saturated rings. The third-order valence-corrected chi connectivity index (χ3v) is 5.36. The van der Waals surface area contributed by atoms with Crippen LogP contribution in [0.4, 0.5) is 5.82 Å². The quantitative estimate of drug-likeness (QED) is 0.726. The fourth-order valence-electron chi connectivity index (χ4n) is 3.08. The molecule has 0 N–H and O–H groups in total. The number of nitrogens with zero attached hydrogens (tertiary/aromatic N) is 4. The largest absolute Gasteiger partial charge is 0.356 e. The molecule has 1 aliphatic rings. The van der Waals surface area contributed by atoms with Crippen molar-refractivity contribution in [3.05, 3.63) is 45.8 Å². The molecule has 0 bridgehead atoms. The van der Waals surface area contributed by atoms with Crippen LogP contribution in [0.5, 0.6) is 0 Å². The second-order valence-electron chi connectivity index (χ2n) is 6.22. The fourth-order valence-corrected chi connectivity index (χ4v) is 3.99. The molecule has 0 saturated carbocycles. The molecular formula is C17H18N4OS. The van der Waals surface area contributed by atoms with Crippen LogP contribution >= 0.6 is 11.3 Å². The number of fused-ring (bicyclic) bond motifs is 1. The van der Waals surface area contributed by atoms with Crippen LogP contribution < -0.4 is 10.5 Å². The molecule has 1 unspecified atom stereocenters. The summed E-state index contributed by atoms with van der Waals surface area (Å²) in [6.45, 7) is 6.36. The van der Waals surface area contributed by atoms with Crippen molar-refractivity contribution < 1.29 is 0 Å². The lowest BCUT2D eigenvalue weighted by atomic mass is 10.2. The molecule has 0 aliphatic carbocycles. The van der Waals surface area contributed by atoms with Gasteiger partial charge in [-0.2, -0.15) is 9.78 Å². The Morgan fingerprint density at radius 2 is 2.17 bits per heavy atom. The van der Waals surface area contributed by atoms with Crippen LogP contribution in [0.1, 0.15) is 18.2 Å². The van der Waals surface area contributed by atoms with Gasteiger partial charge in [0, 0.05) is 23.4 Å². The van der Waals surface area contributed by atoms with E-state index in [1.807, 2.05) is 25.1 Å². The summed E-state index contributed by atoms with van der Waals surface area (Å²) in [6, 6.07) is 5.89. The average molecular weight is 326 g/mol. The van der Waals surface area contributed by atoms with E-state index in [-0.39, 0.29) is 5.56 Å². The first-order valence-electron chi connectivity index (χ1n) is 7.81. The first-order chi connectivity index (χ1) is 11.1. The van der Waals surface area contributed by atoms with E-state index in [0.717, 1.165) is 33.9 Å². The van der Waals surface area contributed by atoms with Crippen LogP contribution in [0.3, 0.4) is 0 Å². The Kier molecular flexibility index (Phi) is 3.41. The molecule has 23 heavy (non-hydrogen) atoms. The van der Waals surface area contributed by atoms with Gasteiger partial charge >= 0.3 is 0 Å². The van der Waals surface area contributed by atoms with Crippen molar-refractivity contribution in [3.63, 3.8) is 0 Å². The number of thiophene rings is 1. The Labute approximate surface area is 138 Å². The number of aryl methyl sites for hydroxylation is 1. The normalized spacial score (nSPS) is 18.0. The molecule has 1 saturated heterocycles. The van der Waals surface area contributed by atoms with E-state index in [2.05, 4.69) is 21.9 Å². The maximum Gasteiger partial charge on any atom is 0.289 e. The van der Waals surface area contributed by atoms with E-state index in [1.165, 1.54) is 22.4 Å². The van der Waals surface area contributed by atoms with Crippen molar-refractivity contribution >= 4 is 27.2 Å². The molecule has 5 nitrogen and oxygen atoms in total. The zero-order valence-electron chi connectivity index (χ0n) is 13.2. The summed E-state index contributed by atoms with van der Waals surface area (Å²) in [5.41, 5.74) is 0.629. The molecular weight excluding hydrogens is 308 g/mol. The maximum atomic E-state index is 12.6. The Balaban J connectivity index is 1.70. The van der Waals surface area contributed by atoms with Gasteiger partial charge in [-0.1, -0.05) is 6.92 Å². The van der Waals surface area contributed by atoms with Gasteiger partial charge in [-0.05, 0) is 37.5 Å². The zero-order chi connectivity index (χ0) is 16.0. The molecule has 0 spiro atoms. The molecule has 0 aromatic carbocycles. The Bertz CT molecular complexity index is 912. The number of anilines is 1. The van der Waals surface area contributed by atoms with Gasteiger partial charge in [0.2, 0.25) is 0 Å². The lowest BCUT2D eigenvalue weighted by Gasteiger charge is -2.17. The summed E-state index contributed by atoms with van der Waals surface area (Å²) in [7, 11) is 0. The van der Waals surface area contributed by atoms with Crippen molar-refractivity contribution in [1.82, 2.24) is 14.8 Å². The highest BCUT2D eigenvalue weighted by atomic mass is 32.1. The van der Waals surface area contributed by atoms with Crippen molar-refractivity contribution in [3.8, 4) is 5.69 Å². The van der Waals surface area contributed by atoms with Gasteiger partial charge in [-0.15, -0.1) is 11.3 Å². The molecule has 1 atom stereocenters. The van der Waals surface area contributed by atoms with E-state index < -0.39 is 0 Å². The molecule has 1 aliphatic heterocycles. The molecule has 118 valence electrons. The van der Waals surface area contributed by atoms with Gasteiger partial charge < -0.3 is 4.90 Å². The Morgan fingerprint density at radius 3 is 2.87 bits per heavy atom. The molecule has 0 radical (unpaired) electrons.